The molecule has 1 saturated carbocycles. The van der Waals surface area contributed by atoms with Crippen LogP contribution in [0.1, 0.15) is 36.7 Å². The molecule has 0 saturated heterocycles. The SMILES string of the molecule is CCN(Cc1cc(CNC2CC2)co1)c1ccc(C)cc1. The lowest BCUT2D eigenvalue weighted by Gasteiger charge is -2.22. The molecule has 0 bridgehead atoms. The molecule has 0 spiro atoms. The van der Waals surface area contributed by atoms with E-state index in [1.165, 1.54) is 29.7 Å². The van der Waals surface area contributed by atoms with Crippen LogP contribution in [0.5, 0.6) is 0 Å². The molecule has 21 heavy (non-hydrogen) atoms. The summed E-state index contributed by atoms with van der Waals surface area (Å²) in [5.74, 6) is 1.03. The van der Waals surface area contributed by atoms with Crippen molar-refractivity contribution in [3.63, 3.8) is 0 Å². The van der Waals surface area contributed by atoms with Crippen LogP contribution in [0.2, 0.25) is 0 Å². The Morgan fingerprint density at radius 2 is 2.00 bits per heavy atom. The maximum absolute atomic E-state index is 5.71. The van der Waals surface area contributed by atoms with E-state index in [4.69, 9.17) is 4.42 Å². The first-order valence-corrected chi connectivity index (χ1v) is 7.86. The first-order chi connectivity index (χ1) is 10.2. The standard InChI is InChI=1S/C18H24N2O/c1-3-20(17-8-4-14(2)5-9-17)12-18-10-15(13-21-18)11-19-16-6-7-16/h4-5,8-10,13,16,19H,3,6-7,11-12H2,1-2H3. The lowest BCUT2D eigenvalue weighted by atomic mass is 10.2. The highest BCUT2D eigenvalue weighted by Crippen LogP contribution is 2.21. The number of benzene rings is 1. The van der Waals surface area contributed by atoms with Crippen molar-refractivity contribution in [1.29, 1.82) is 0 Å². The predicted molar refractivity (Wildman–Crippen MR) is 86.5 cm³/mol. The Bertz CT molecular complexity index is 569. The van der Waals surface area contributed by atoms with Gasteiger partial charge in [0.15, 0.2) is 0 Å². The molecule has 112 valence electrons. The molecule has 1 aromatic heterocycles. The molecule has 1 N–H and O–H groups in total. The molecule has 3 rings (SSSR count). The average Bonchev–Trinajstić information content (AvgIpc) is 3.23. The van der Waals surface area contributed by atoms with Crippen molar-refractivity contribution in [1.82, 2.24) is 5.32 Å². The average molecular weight is 284 g/mol. The Labute approximate surface area is 127 Å². The van der Waals surface area contributed by atoms with Gasteiger partial charge in [0.2, 0.25) is 0 Å². The predicted octanol–water partition coefficient (Wildman–Crippen LogP) is 3.87. The van der Waals surface area contributed by atoms with Crippen molar-refractivity contribution in [3.05, 3.63) is 53.5 Å². The molecular weight excluding hydrogens is 260 g/mol. The van der Waals surface area contributed by atoms with Gasteiger partial charge < -0.3 is 14.6 Å². The van der Waals surface area contributed by atoms with Gasteiger partial charge in [-0.25, -0.2) is 0 Å². The van der Waals surface area contributed by atoms with Gasteiger partial charge in [0, 0.05) is 30.4 Å². The molecule has 0 atom stereocenters. The van der Waals surface area contributed by atoms with Crippen molar-refractivity contribution in [2.24, 2.45) is 0 Å². The van der Waals surface area contributed by atoms with E-state index < -0.39 is 0 Å². The first-order valence-electron chi connectivity index (χ1n) is 7.86. The number of nitrogens with one attached hydrogen (secondary N) is 1. The fourth-order valence-corrected chi connectivity index (χ4v) is 2.48. The van der Waals surface area contributed by atoms with Crippen LogP contribution in [0.15, 0.2) is 41.0 Å². The minimum absolute atomic E-state index is 0.739. The topological polar surface area (TPSA) is 28.4 Å². The van der Waals surface area contributed by atoms with Gasteiger partial charge >= 0.3 is 0 Å². The molecule has 0 amide bonds. The highest BCUT2D eigenvalue weighted by molar-refractivity contribution is 5.47. The molecule has 1 heterocycles. The lowest BCUT2D eigenvalue weighted by molar-refractivity contribution is 0.500. The number of rotatable bonds is 7. The van der Waals surface area contributed by atoms with Crippen molar-refractivity contribution < 1.29 is 4.42 Å². The van der Waals surface area contributed by atoms with Crippen molar-refractivity contribution in [3.8, 4) is 0 Å². The Hall–Kier alpha value is -1.74. The molecule has 1 fully saturated rings. The minimum atomic E-state index is 0.739. The van der Waals surface area contributed by atoms with Gasteiger partial charge in [-0.1, -0.05) is 17.7 Å². The Morgan fingerprint density at radius 1 is 1.24 bits per heavy atom. The van der Waals surface area contributed by atoms with Crippen molar-refractivity contribution in [2.45, 2.75) is 45.8 Å². The fraction of sp³-hybridized carbons (Fsp3) is 0.444. The van der Waals surface area contributed by atoms with Crippen LogP contribution in [0, 0.1) is 6.92 Å². The monoisotopic (exact) mass is 284 g/mol. The number of furan rings is 1. The van der Waals surface area contributed by atoms with Gasteiger partial charge in [0.25, 0.3) is 0 Å². The van der Waals surface area contributed by atoms with Gasteiger partial charge in [0.1, 0.15) is 5.76 Å². The summed E-state index contributed by atoms with van der Waals surface area (Å²) in [6.07, 6.45) is 4.52. The zero-order chi connectivity index (χ0) is 14.7. The van der Waals surface area contributed by atoms with Gasteiger partial charge in [-0.15, -0.1) is 0 Å². The van der Waals surface area contributed by atoms with E-state index in [2.05, 4.69) is 54.4 Å². The zero-order valence-electron chi connectivity index (χ0n) is 12.9. The maximum Gasteiger partial charge on any atom is 0.123 e. The summed E-state index contributed by atoms with van der Waals surface area (Å²) < 4.78 is 5.71. The first kappa shape index (κ1) is 14.2. The van der Waals surface area contributed by atoms with E-state index in [1.807, 2.05) is 6.26 Å². The van der Waals surface area contributed by atoms with Crippen molar-refractivity contribution >= 4 is 5.69 Å². The van der Waals surface area contributed by atoms with Crippen LogP contribution in [0.4, 0.5) is 5.69 Å². The molecular formula is C18H24N2O. The van der Waals surface area contributed by atoms with Crippen LogP contribution in [0.25, 0.3) is 0 Å². The number of aryl methyl sites for hydroxylation is 1. The highest BCUT2D eigenvalue weighted by Gasteiger charge is 2.20. The van der Waals surface area contributed by atoms with Crippen LogP contribution in [-0.2, 0) is 13.1 Å². The van der Waals surface area contributed by atoms with E-state index in [0.29, 0.717) is 0 Å². The third-order valence-electron chi connectivity index (χ3n) is 4.01. The number of nitrogens with zero attached hydrogens (tertiary/aromatic N) is 1. The van der Waals surface area contributed by atoms with E-state index in [0.717, 1.165) is 31.4 Å². The van der Waals surface area contributed by atoms with E-state index in [-0.39, 0.29) is 0 Å². The summed E-state index contributed by atoms with van der Waals surface area (Å²) in [5.41, 5.74) is 3.79. The Morgan fingerprint density at radius 3 is 2.67 bits per heavy atom. The number of hydrogen-bond acceptors (Lipinski definition) is 3. The molecule has 0 unspecified atom stereocenters. The summed E-state index contributed by atoms with van der Waals surface area (Å²) in [6.45, 7) is 7.01. The Kier molecular flexibility index (Phi) is 4.30. The van der Waals surface area contributed by atoms with Gasteiger partial charge in [-0.2, -0.15) is 0 Å². The smallest absolute Gasteiger partial charge is 0.123 e. The summed E-state index contributed by atoms with van der Waals surface area (Å²) in [5, 5.41) is 3.52. The van der Waals surface area contributed by atoms with E-state index in [1.54, 1.807) is 0 Å². The van der Waals surface area contributed by atoms with E-state index in [9.17, 15) is 0 Å². The van der Waals surface area contributed by atoms with Crippen LogP contribution >= 0.6 is 0 Å². The fourth-order valence-electron chi connectivity index (χ4n) is 2.48. The largest absolute Gasteiger partial charge is 0.467 e. The number of hydrogen-bond donors (Lipinski definition) is 1. The molecule has 1 aromatic carbocycles. The molecule has 1 aliphatic rings. The molecule has 1 aliphatic carbocycles. The summed E-state index contributed by atoms with van der Waals surface area (Å²) >= 11 is 0. The van der Waals surface area contributed by atoms with Crippen molar-refractivity contribution in [2.75, 3.05) is 11.4 Å². The second kappa shape index (κ2) is 6.35. The second-order valence-corrected chi connectivity index (χ2v) is 5.93. The number of anilines is 1. The summed E-state index contributed by atoms with van der Waals surface area (Å²) in [6, 6.07) is 11.6. The van der Waals surface area contributed by atoms with Crippen LogP contribution < -0.4 is 10.2 Å². The van der Waals surface area contributed by atoms with Crippen LogP contribution in [0.3, 0.4) is 0 Å². The lowest BCUT2D eigenvalue weighted by Crippen LogP contribution is -2.21. The Balaban J connectivity index is 1.61. The summed E-state index contributed by atoms with van der Waals surface area (Å²) in [7, 11) is 0. The summed E-state index contributed by atoms with van der Waals surface area (Å²) in [4.78, 5) is 2.33. The third kappa shape index (κ3) is 3.88. The zero-order valence-corrected chi connectivity index (χ0v) is 12.9. The molecule has 3 heteroatoms. The third-order valence-corrected chi connectivity index (χ3v) is 4.01. The maximum atomic E-state index is 5.71. The molecule has 2 aromatic rings. The quantitative estimate of drug-likeness (QED) is 0.836. The van der Waals surface area contributed by atoms with Gasteiger partial charge in [-0.3, -0.25) is 0 Å². The minimum Gasteiger partial charge on any atom is -0.467 e. The second-order valence-electron chi connectivity index (χ2n) is 5.93. The normalized spacial score (nSPS) is 14.4. The molecule has 0 aliphatic heterocycles. The van der Waals surface area contributed by atoms with Crippen LogP contribution in [-0.4, -0.2) is 12.6 Å². The highest BCUT2D eigenvalue weighted by atomic mass is 16.3. The van der Waals surface area contributed by atoms with E-state index >= 15 is 0 Å². The van der Waals surface area contributed by atoms with Gasteiger partial charge in [-0.05, 0) is 44.9 Å². The molecule has 0 radical (unpaired) electrons. The molecule has 3 nitrogen and oxygen atoms in total. The van der Waals surface area contributed by atoms with Gasteiger partial charge in [0.05, 0.1) is 12.8 Å².